The van der Waals surface area contributed by atoms with Crippen LogP contribution in [0.2, 0.25) is 0 Å². The molecule has 1 unspecified atom stereocenters. The van der Waals surface area contributed by atoms with Crippen molar-refractivity contribution in [2.24, 2.45) is 56.7 Å². The predicted octanol–water partition coefficient (Wildman–Crippen LogP) is 8.86. The van der Waals surface area contributed by atoms with E-state index in [1.54, 1.807) is 0 Å². The van der Waals surface area contributed by atoms with Crippen molar-refractivity contribution in [3.63, 3.8) is 0 Å². The van der Waals surface area contributed by atoms with Gasteiger partial charge in [-0.3, -0.25) is 4.57 Å². The molecule has 35 heavy (non-hydrogen) atoms. The Morgan fingerprint density at radius 1 is 0.857 bits per heavy atom. The van der Waals surface area contributed by atoms with Gasteiger partial charge in [0.25, 0.3) is 0 Å². The lowest BCUT2D eigenvalue weighted by atomic mass is 9.32. The maximum Gasteiger partial charge on any atom is 0.325 e. The van der Waals surface area contributed by atoms with Gasteiger partial charge in [-0.05, 0) is 128 Å². The van der Waals surface area contributed by atoms with Gasteiger partial charge < -0.3 is 9.42 Å². The number of hydrogen-bond donors (Lipinski definition) is 1. The Bertz CT molecular complexity index is 936. The molecule has 200 valence electrons. The quantitative estimate of drug-likeness (QED) is 0.308. The summed E-state index contributed by atoms with van der Waals surface area (Å²) in [5.74, 6) is 3.62. The highest BCUT2D eigenvalue weighted by Gasteiger charge is 2.70. The van der Waals surface area contributed by atoms with Gasteiger partial charge in [-0.25, -0.2) is 0 Å². The molecule has 0 spiro atoms. The van der Waals surface area contributed by atoms with Gasteiger partial charge in [0.15, 0.2) is 0 Å². The largest absolute Gasteiger partial charge is 0.325 e. The molecule has 0 radical (unpaired) electrons. The molecule has 0 heterocycles. The minimum atomic E-state index is -3.49. The lowest BCUT2D eigenvalue weighted by molar-refractivity contribution is -0.244. The van der Waals surface area contributed by atoms with Gasteiger partial charge in [0, 0.05) is 6.66 Å². The molecule has 0 aromatic rings. The normalized spacial score (nSPS) is 54.5. The van der Waals surface area contributed by atoms with E-state index < -0.39 is 7.60 Å². The number of fused-ring (bicyclic) bond motifs is 7. The summed E-state index contributed by atoms with van der Waals surface area (Å²) in [6.45, 7) is 23.4. The van der Waals surface area contributed by atoms with E-state index in [0.29, 0.717) is 28.1 Å². The van der Waals surface area contributed by atoms with E-state index in [2.05, 4.69) is 55.0 Å². The van der Waals surface area contributed by atoms with Crippen LogP contribution in [0.3, 0.4) is 0 Å². The van der Waals surface area contributed by atoms with Crippen LogP contribution in [0.5, 0.6) is 0 Å². The molecular formula is C31H53O3P. The predicted molar refractivity (Wildman–Crippen MR) is 145 cm³/mol. The zero-order valence-electron chi connectivity index (χ0n) is 24.0. The van der Waals surface area contributed by atoms with Gasteiger partial charge >= 0.3 is 7.60 Å². The molecule has 4 heteroatoms. The van der Waals surface area contributed by atoms with Crippen LogP contribution in [-0.4, -0.2) is 17.7 Å². The van der Waals surface area contributed by atoms with Crippen LogP contribution in [0.4, 0.5) is 0 Å². The van der Waals surface area contributed by atoms with Crippen LogP contribution in [0.15, 0.2) is 12.2 Å². The van der Waals surface area contributed by atoms with E-state index in [1.807, 2.05) is 0 Å². The first-order chi connectivity index (χ1) is 16.0. The second kappa shape index (κ2) is 7.95. The highest BCUT2D eigenvalue weighted by Crippen LogP contribution is 2.77. The molecule has 5 rings (SSSR count). The SMILES string of the molecule is C=C(C)[C@@H]1CC[C@]2(C)CC[C@]3(C)[C@H](CC[C@@H]4[C@@]5(C)CC[C@H](OP(C)(=O)O)C(C)(C)[C@@H]5CC[C@]43C)[C@@H]12. The first-order valence-corrected chi connectivity index (χ1v) is 16.7. The number of allylic oxidation sites excluding steroid dienone is 1. The van der Waals surface area contributed by atoms with Crippen molar-refractivity contribution in [3.8, 4) is 0 Å². The number of rotatable bonds is 3. The molecule has 5 saturated carbocycles. The minimum Gasteiger partial charge on any atom is -0.324 e. The lowest BCUT2D eigenvalue weighted by Gasteiger charge is -2.73. The standard InChI is InChI=1S/C31H53O3P/c1-20(2)21-12-15-28(5)18-19-30(7)22(26(21)28)10-11-24-29(6)16-14-25(34-35(9,32)33)27(3,4)23(29)13-17-31(24,30)8/h21-26H,1,10-19H2,2-9H3,(H,32,33)/t21-,22+,23-,24+,25-,26+,28+,29-,30+,31+/m0/s1. The highest BCUT2D eigenvalue weighted by atomic mass is 31.2. The van der Waals surface area contributed by atoms with E-state index in [4.69, 9.17) is 4.52 Å². The summed E-state index contributed by atoms with van der Waals surface area (Å²) < 4.78 is 18.1. The third-order valence-corrected chi connectivity index (χ3v) is 14.4. The fraction of sp³-hybridized carbons (Fsp3) is 0.935. The Hall–Kier alpha value is -0.110. The molecule has 5 aliphatic carbocycles. The molecule has 3 nitrogen and oxygen atoms in total. The van der Waals surface area contributed by atoms with Crippen molar-refractivity contribution in [2.45, 2.75) is 119 Å². The van der Waals surface area contributed by atoms with Crippen molar-refractivity contribution in [1.29, 1.82) is 0 Å². The van der Waals surface area contributed by atoms with Crippen LogP contribution < -0.4 is 0 Å². The summed E-state index contributed by atoms with van der Waals surface area (Å²) in [5, 5.41) is 0. The maximum absolute atomic E-state index is 12.2. The molecule has 0 amide bonds. The van der Waals surface area contributed by atoms with Crippen LogP contribution in [0.25, 0.3) is 0 Å². The number of hydrogen-bond acceptors (Lipinski definition) is 2. The zero-order valence-corrected chi connectivity index (χ0v) is 24.8. The van der Waals surface area contributed by atoms with E-state index in [0.717, 1.165) is 30.6 Å². The third kappa shape index (κ3) is 3.60. The molecular weight excluding hydrogens is 451 g/mol. The van der Waals surface area contributed by atoms with Crippen LogP contribution in [0, 0.1) is 56.7 Å². The fourth-order valence-electron chi connectivity index (χ4n) is 11.9. The summed E-state index contributed by atoms with van der Waals surface area (Å²) in [4.78, 5) is 10.0. The summed E-state index contributed by atoms with van der Waals surface area (Å²) in [7, 11) is -3.49. The fourth-order valence-corrected chi connectivity index (χ4v) is 12.7. The summed E-state index contributed by atoms with van der Waals surface area (Å²) in [6, 6.07) is 0. The lowest BCUT2D eigenvalue weighted by Crippen LogP contribution is -2.66. The van der Waals surface area contributed by atoms with Gasteiger partial charge in [0.2, 0.25) is 0 Å². The Morgan fingerprint density at radius 3 is 2.17 bits per heavy atom. The Labute approximate surface area is 215 Å². The molecule has 0 saturated heterocycles. The second-order valence-electron chi connectivity index (χ2n) is 15.6. The van der Waals surface area contributed by atoms with E-state index in [1.165, 1.54) is 63.6 Å². The Morgan fingerprint density at radius 2 is 1.54 bits per heavy atom. The second-order valence-corrected chi connectivity index (χ2v) is 17.4. The van der Waals surface area contributed by atoms with E-state index >= 15 is 0 Å². The van der Waals surface area contributed by atoms with Crippen molar-refractivity contribution in [2.75, 3.05) is 6.66 Å². The highest BCUT2D eigenvalue weighted by molar-refractivity contribution is 7.51. The van der Waals surface area contributed by atoms with Crippen molar-refractivity contribution in [3.05, 3.63) is 12.2 Å². The molecule has 0 bridgehead atoms. The topological polar surface area (TPSA) is 46.5 Å². The van der Waals surface area contributed by atoms with Gasteiger partial charge in [-0.1, -0.05) is 53.7 Å². The van der Waals surface area contributed by atoms with Gasteiger partial charge in [0.05, 0.1) is 6.10 Å². The maximum atomic E-state index is 12.2. The smallest absolute Gasteiger partial charge is 0.324 e. The Balaban J connectivity index is 1.49. The molecule has 1 N–H and O–H groups in total. The summed E-state index contributed by atoms with van der Waals surface area (Å²) in [5.41, 5.74) is 2.90. The van der Waals surface area contributed by atoms with Crippen molar-refractivity contribution < 1.29 is 14.0 Å². The zero-order chi connectivity index (χ0) is 25.8. The van der Waals surface area contributed by atoms with Crippen LogP contribution >= 0.6 is 7.60 Å². The van der Waals surface area contributed by atoms with Crippen LogP contribution in [-0.2, 0) is 9.09 Å². The van der Waals surface area contributed by atoms with E-state index in [9.17, 15) is 9.46 Å². The molecule has 11 atom stereocenters. The summed E-state index contributed by atoms with van der Waals surface area (Å²) >= 11 is 0. The first-order valence-electron chi connectivity index (χ1n) is 14.6. The monoisotopic (exact) mass is 504 g/mol. The third-order valence-electron chi connectivity index (χ3n) is 13.7. The van der Waals surface area contributed by atoms with Gasteiger partial charge in [0.1, 0.15) is 0 Å². The Kier molecular flexibility index (Phi) is 6.02. The summed E-state index contributed by atoms with van der Waals surface area (Å²) in [6.07, 6.45) is 12.7. The average molecular weight is 505 g/mol. The molecule has 0 aromatic heterocycles. The van der Waals surface area contributed by atoms with Crippen molar-refractivity contribution >= 4 is 7.60 Å². The van der Waals surface area contributed by atoms with E-state index in [-0.39, 0.29) is 16.9 Å². The average Bonchev–Trinajstić information content (AvgIpc) is 3.08. The molecule has 0 aliphatic heterocycles. The molecule has 0 aromatic carbocycles. The molecule has 5 aliphatic rings. The molecule has 5 fully saturated rings. The minimum absolute atomic E-state index is 0.0812. The first kappa shape index (κ1) is 26.5. The van der Waals surface area contributed by atoms with Crippen molar-refractivity contribution in [1.82, 2.24) is 0 Å². The van der Waals surface area contributed by atoms with Crippen LogP contribution in [0.1, 0.15) is 113 Å². The van der Waals surface area contributed by atoms with Gasteiger partial charge in [-0.2, -0.15) is 0 Å². The van der Waals surface area contributed by atoms with Gasteiger partial charge in [-0.15, -0.1) is 0 Å².